The SMILES string of the molecule is Cn1cc(C(=O)N2CCCC(CC3CC3)(C(=O)O)C2)c(=O)[nH]c1=O. The Morgan fingerprint density at radius 2 is 2.08 bits per heavy atom. The number of aliphatic carboxylic acids is 1. The van der Waals surface area contributed by atoms with Crippen LogP contribution in [0.4, 0.5) is 0 Å². The van der Waals surface area contributed by atoms with Crippen LogP contribution in [0, 0.1) is 11.3 Å². The molecular formula is C16H21N3O5. The minimum atomic E-state index is -0.928. The number of H-pyrrole nitrogens is 1. The maximum atomic E-state index is 12.7. The summed E-state index contributed by atoms with van der Waals surface area (Å²) in [4.78, 5) is 51.4. The Bertz CT molecular complexity index is 792. The first-order valence-corrected chi connectivity index (χ1v) is 8.15. The van der Waals surface area contributed by atoms with E-state index in [0.717, 1.165) is 17.4 Å². The van der Waals surface area contributed by atoms with Gasteiger partial charge in [-0.3, -0.25) is 19.4 Å². The standard InChI is InChI=1S/C16H21N3O5/c1-18-8-11(12(20)17-15(18)24)13(21)19-6-2-5-16(9-19,14(22)23)7-10-3-4-10/h8,10H,2-7,9H2,1H3,(H,22,23)(H,17,20,24). The molecule has 0 radical (unpaired) electrons. The summed E-state index contributed by atoms with van der Waals surface area (Å²) in [5, 5.41) is 9.72. The lowest BCUT2D eigenvalue weighted by Crippen LogP contribution is -2.51. The molecule has 24 heavy (non-hydrogen) atoms. The fraction of sp³-hybridized carbons (Fsp3) is 0.625. The highest BCUT2D eigenvalue weighted by Crippen LogP contribution is 2.45. The molecule has 1 aliphatic heterocycles. The molecule has 1 saturated heterocycles. The molecule has 130 valence electrons. The van der Waals surface area contributed by atoms with Crippen LogP contribution in [-0.2, 0) is 11.8 Å². The number of aromatic amines is 1. The third-order valence-corrected chi connectivity index (χ3v) is 5.03. The van der Waals surface area contributed by atoms with E-state index in [1.54, 1.807) is 0 Å². The minimum Gasteiger partial charge on any atom is -0.481 e. The minimum absolute atomic E-state index is 0.111. The van der Waals surface area contributed by atoms with E-state index in [1.165, 1.54) is 18.1 Å². The van der Waals surface area contributed by atoms with Gasteiger partial charge in [-0.25, -0.2) is 4.79 Å². The zero-order valence-corrected chi connectivity index (χ0v) is 13.6. The Hall–Kier alpha value is -2.38. The molecule has 1 saturated carbocycles. The van der Waals surface area contributed by atoms with Crippen molar-refractivity contribution >= 4 is 11.9 Å². The largest absolute Gasteiger partial charge is 0.481 e. The number of hydrogen-bond donors (Lipinski definition) is 2. The molecule has 1 unspecified atom stereocenters. The number of nitrogens with zero attached hydrogens (tertiary/aromatic N) is 2. The summed E-state index contributed by atoms with van der Waals surface area (Å²) in [6.45, 7) is 0.529. The van der Waals surface area contributed by atoms with Gasteiger partial charge in [0, 0.05) is 26.3 Å². The van der Waals surface area contributed by atoms with Crippen LogP contribution in [-0.4, -0.2) is 44.5 Å². The fourth-order valence-corrected chi connectivity index (χ4v) is 3.49. The van der Waals surface area contributed by atoms with Crippen molar-refractivity contribution in [3.63, 3.8) is 0 Å². The number of piperidine rings is 1. The number of carbonyl (C=O) groups is 2. The Morgan fingerprint density at radius 3 is 2.71 bits per heavy atom. The average molecular weight is 335 g/mol. The number of likely N-dealkylation sites (tertiary alicyclic amines) is 1. The Labute approximate surface area is 138 Å². The van der Waals surface area contributed by atoms with Crippen LogP contribution in [0.1, 0.15) is 42.5 Å². The number of hydrogen-bond acceptors (Lipinski definition) is 4. The summed E-state index contributed by atoms with van der Waals surface area (Å²) in [7, 11) is 1.44. The maximum Gasteiger partial charge on any atom is 0.328 e. The maximum absolute atomic E-state index is 12.7. The molecule has 8 heteroatoms. The molecule has 2 heterocycles. The van der Waals surface area contributed by atoms with E-state index in [4.69, 9.17) is 0 Å². The van der Waals surface area contributed by atoms with Crippen LogP contribution >= 0.6 is 0 Å². The molecule has 0 aromatic carbocycles. The van der Waals surface area contributed by atoms with Gasteiger partial charge >= 0.3 is 11.7 Å². The summed E-state index contributed by atoms with van der Waals surface area (Å²) in [5.41, 5.74) is -2.40. The predicted molar refractivity (Wildman–Crippen MR) is 84.9 cm³/mol. The van der Waals surface area contributed by atoms with E-state index in [9.17, 15) is 24.3 Å². The second-order valence-corrected chi connectivity index (χ2v) is 6.98. The fourth-order valence-electron chi connectivity index (χ4n) is 3.49. The van der Waals surface area contributed by atoms with Gasteiger partial charge in [0.2, 0.25) is 0 Å². The van der Waals surface area contributed by atoms with Crippen molar-refractivity contribution in [2.45, 2.75) is 32.1 Å². The molecule has 2 aliphatic rings. The number of carbonyl (C=O) groups excluding carboxylic acids is 1. The van der Waals surface area contributed by atoms with Crippen LogP contribution in [0.3, 0.4) is 0 Å². The lowest BCUT2D eigenvalue weighted by Gasteiger charge is -2.40. The van der Waals surface area contributed by atoms with Gasteiger partial charge in [0.05, 0.1) is 5.41 Å². The molecule has 1 aromatic heterocycles. The molecule has 2 N–H and O–H groups in total. The van der Waals surface area contributed by atoms with Crippen molar-refractivity contribution < 1.29 is 14.7 Å². The van der Waals surface area contributed by atoms with Crippen molar-refractivity contribution in [2.24, 2.45) is 18.4 Å². The lowest BCUT2D eigenvalue weighted by molar-refractivity contribution is -0.152. The number of carboxylic acid groups (broad SMARTS) is 1. The molecular weight excluding hydrogens is 314 g/mol. The van der Waals surface area contributed by atoms with E-state index < -0.39 is 28.5 Å². The molecule has 0 spiro atoms. The average Bonchev–Trinajstić information content (AvgIpc) is 3.34. The summed E-state index contributed by atoms with van der Waals surface area (Å²) in [6.07, 6.45) is 5.02. The number of aryl methyl sites for hydroxylation is 1. The van der Waals surface area contributed by atoms with Gasteiger partial charge in [-0.2, -0.15) is 0 Å². The first-order chi connectivity index (χ1) is 11.3. The molecule has 1 atom stereocenters. The first kappa shape index (κ1) is 16.5. The van der Waals surface area contributed by atoms with Gasteiger partial charge in [-0.05, 0) is 25.2 Å². The van der Waals surface area contributed by atoms with Gasteiger partial charge in [-0.15, -0.1) is 0 Å². The molecule has 3 rings (SSSR count). The zero-order valence-electron chi connectivity index (χ0n) is 13.6. The first-order valence-electron chi connectivity index (χ1n) is 8.15. The van der Waals surface area contributed by atoms with E-state index in [0.29, 0.717) is 31.7 Å². The van der Waals surface area contributed by atoms with Gasteiger partial charge in [0.25, 0.3) is 11.5 Å². The number of carboxylic acids is 1. The highest BCUT2D eigenvalue weighted by molar-refractivity contribution is 5.94. The highest BCUT2D eigenvalue weighted by atomic mass is 16.4. The zero-order chi connectivity index (χ0) is 17.5. The second-order valence-electron chi connectivity index (χ2n) is 6.98. The summed E-state index contributed by atoms with van der Waals surface area (Å²) < 4.78 is 1.13. The molecule has 0 bridgehead atoms. The van der Waals surface area contributed by atoms with Crippen molar-refractivity contribution in [2.75, 3.05) is 13.1 Å². The Kier molecular flexibility index (Phi) is 4.06. The normalized spacial score (nSPS) is 24.0. The number of amides is 1. The number of aromatic nitrogens is 2. The topological polar surface area (TPSA) is 112 Å². The van der Waals surface area contributed by atoms with Crippen LogP contribution in [0.2, 0.25) is 0 Å². The molecule has 1 aromatic rings. The van der Waals surface area contributed by atoms with Gasteiger partial charge in [0.1, 0.15) is 5.56 Å². The number of rotatable bonds is 4. The van der Waals surface area contributed by atoms with E-state index >= 15 is 0 Å². The smallest absolute Gasteiger partial charge is 0.328 e. The summed E-state index contributed by atoms with van der Waals surface area (Å²) in [6, 6.07) is 0. The third-order valence-electron chi connectivity index (χ3n) is 5.03. The molecule has 1 amide bonds. The predicted octanol–water partition coefficient (Wildman–Crippen LogP) is 0.181. The lowest BCUT2D eigenvalue weighted by atomic mass is 9.75. The Balaban J connectivity index is 1.87. The molecule has 1 aliphatic carbocycles. The molecule has 2 fully saturated rings. The summed E-state index contributed by atoms with van der Waals surface area (Å²) >= 11 is 0. The van der Waals surface area contributed by atoms with Crippen LogP contribution in [0.5, 0.6) is 0 Å². The van der Waals surface area contributed by atoms with E-state index in [2.05, 4.69) is 4.98 Å². The van der Waals surface area contributed by atoms with Gasteiger partial charge < -0.3 is 14.6 Å². The van der Waals surface area contributed by atoms with Gasteiger partial charge in [0.15, 0.2) is 0 Å². The van der Waals surface area contributed by atoms with Gasteiger partial charge in [-0.1, -0.05) is 12.8 Å². The van der Waals surface area contributed by atoms with Crippen molar-refractivity contribution in [1.29, 1.82) is 0 Å². The van der Waals surface area contributed by atoms with Crippen LogP contribution in [0.25, 0.3) is 0 Å². The summed E-state index contributed by atoms with van der Waals surface area (Å²) in [5.74, 6) is -0.966. The molecule has 8 nitrogen and oxygen atoms in total. The third kappa shape index (κ3) is 3.00. The van der Waals surface area contributed by atoms with Crippen LogP contribution < -0.4 is 11.2 Å². The second kappa shape index (κ2) is 5.92. The monoisotopic (exact) mass is 335 g/mol. The Morgan fingerprint density at radius 1 is 1.38 bits per heavy atom. The van der Waals surface area contributed by atoms with Crippen molar-refractivity contribution in [1.82, 2.24) is 14.5 Å². The quantitative estimate of drug-likeness (QED) is 0.815. The van der Waals surface area contributed by atoms with Crippen molar-refractivity contribution in [3.8, 4) is 0 Å². The van der Waals surface area contributed by atoms with E-state index in [1.807, 2.05) is 0 Å². The van der Waals surface area contributed by atoms with Crippen LogP contribution in [0.15, 0.2) is 15.8 Å². The highest BCUT2D eigenvalue weighted by Gasteiger charge is 2.47. The van der Waals surface area contributed by atoms with Crippen molar-refractivity contribution in [3.05, 3.63) is 32.6 Å². The number of nitrogens with one attached hydrogen (secondary N) is 1. The van der Waals surface area contributed by atoms with E-state index in [-0.39, 0.29) is 12.1 Å².